The number of hydrogen-bond acceptors (Lipinski definition) is 1. The van der Waals surface area contributed by atoms with E-state index in [2.05, 4.69) is 13.8 Å². The molecular weight excluding hydrogens is 220 g/mol. The highest BCUT2D eigenvalue weighted by molar-refractivity contribution is 6.42. The molecule has 0 saturated heterocycles. The van der Waals surface area contributed by atoms with Crippen LogP contribution in [0, 0.1) is 0 Å². The SMILES string of the molecule is CCCCCCC/C=C(\Cl)C(=O)CCCC. The minimum absolute atomic E-state index is 0.108. The average Bonchev–Trinajstić information content (AvgIpc) is 2.30. The Morgan fingerprint density at radius 2 is 1.62 bits per heavy atom. The molecule has 0 aromatic rings. The first-order chi connectivity index (χ1) is 7.72. The highest BCUT2D eigenvalue weighted by Crippen LogP contribution is 2.12. The molecule has 0 radical (unpaired) electrons. The molecule has 16 heavy (non-hydrogen) atoms. The molecule has 0 heterocycles. The number of carbonyl (C=O) groups excluding carboxylic acids is 1. The Labute approximate surface area is 105 Å². The Morgan fingerprint density at radius 3 is 2.25 bits per heavy atom. The number of hydrogen-bond donors (Lipinski definition) is 0. The second-order valence-corrected chi connectivity index (χ2v) is 4.69. The van der Waals surface area contributed by atoms with Gasteiger partial charge in [0, 0.05) is 6.42 Å². The fraction of sp³-hybridized carbons (Fsp3) is 0.786. The number of allylic oxidation sites excluding steroid dienone is 2. The van der Waals surface area contributed by atoms with Crippen molar-refractivity contribution in [2.75, 3.05) is 0 Å². The predicted molar refractivity (Wildman–Crippen MR) is 71.8 cm³/mol. The van der Waals surface area contributed by atoms with Gasteiger partial charge in [0.25, 0.3) is 0 Å². The van der Waals surface area contributed by atoms with Crippen LogP contribution >= 0.6 is 11.6 Å². The first kappa shape index (κ1) is 15.7. The summed E-state index contributed by atoms with van der Waals surface area (Å²) in [4.78, 5) is 11.5. The molecule has 2 heteroatoms. The van der Waals surface area contributed by atoms with Crippen molar-refractivity contribution in [1.29, 1.82) is 0 Å². The highest BCUT2D eigenvalue weighted by Gasteiger charge is 2.04. The van der Waals surface area contributed by atoms with Gasteiger partial charge in [-0.05, 0) is 19.3 Å². The molecule has 0 bridgehead atoms. The lowest BCUT2D eigenvalue weighted by atomic mass is 10.1. The van der Waals surface area contributed by atoms with Gasteiger partial charge in [0.1, 0.15) is 0 Å². The minimum atomic E-state index is 0.108. The van der Waals surface area contributed by atoms with Crippen molar-refractivity contribution >= 4 is 17.4 Å². The van der Waals surface area contributed by atoms with Gasteiger partial charge in [-0.2, -0.15) is 0 Å². The smallest absolute Gasteiger partial charge is 0.173 e. The van der Waals surface area contributed by atoms with Gasteiger partial charge in [0.15, 0.2) is 5.78 Å². The molecule has 94 valence electrons. The summed E-state index contributed by atoms with van der Waals surface area (Å²) in [5, 5.41) is 0.448. The normalized spacial score (nSPS) is 11.8. The summed E-state index contributed by atoms with van der Waals surface area (Å²) in [5.74, 6) is 0.108. The van der Waals surface area contributed by atoms with Gasteiger partial charge in [-0.1, -0.05) is 63.6 Å². The van der Waals surface area contributed by atoms with Crippen molar-refractivity contribution in [2.45, 2.75) is 71.6 Å². The van der Waals surface area contributed by atoms with Crippen molar-refractivity contribution in [3.05, 3.63) is 11.1 Å². The number of Topliss-reactive ketones (excluding diaryl/α,β-unsaturated/α-hetero) is 1. The van der Waals surface area contributed by atoms with E-state index < -0.39 is 0 Å². The molecule has 0 saturated carbocycles. The third-order valence-corrected chi connectivity index (χ3v) is 3.02. The van der Waals surface area contributed by atoms with Crippen LogP contribution in [0.25, 0.3) is 0 Å². The van der Waals surface area contributed by atoms with E-state index in [1.54, 1.807) is 0 Å². The van der Waals surface area contributed by atoms with Crippen LogP contribution in [0.3, 0.4) is 0 Å². The maximum atomic E-state index is 11.5. The monoisotopic (exact) mass is 244 g/mol. The Morgan fingerprint density at radius 1 is 1.00 bits per heavy atom. The zero-order valence-electron chi connectivity index (χ0n) is 10.7. The first-order valence-corrected chi connectivity index (χ1v) is 6.99. The number of carbonyl (C=O) groups is 1. The summed E-state index contributed by atoms with van der Waals surface area (Å²) in [6, 6.07) is 0. The number of halogens is 1. The summed E-state index contributed by atoms with van der Waals surface area (Å²) in [5.41, 5.74) is 0. The van der Waals surface area contributed by atoms with Crippen LogP contribution in [-0.4, -0.2) is 5.78 Å². The molecule has 0 aliphatic heterocycles. The molecule has 0 amide bonds. The zero-order valence-corrected chi connectivity index (χ0v) is 11.5. The second kappa shape index (κ2) is 11.2. The van der Waals surface area contributed by atoms with Crippen molar-refractivity contribution in [1.82, 2.24) is 0 Å². The van der Waals surface area contributed by atoms with Crippen LogP contribution < -0.4 is 0 Å². The first-order valence-electron chi connectivity index (χ1n) is 6.61. The summed E-state index contributed by atoms with van der Waals surface area (Å²) in [6.45, 7) is 4.29. The largest absolute Gasteiger partial charge is 0.293 e. The average molecular weight is 245 g/mol. The fourth-order valence-electron chi connectivity index (χ4n) is 1.55. The third kappa shape index (κ3) is 8.96. The quantitative estimate of drug-likeness (QED) is 0.380. The van der Waals surface area contributed by atoms with E-state index in [1.807, 2.05) is 6.08 Å². The summed E-state index contributed by atoms with van der Waals surface area (Å²) in [7, 11) is 0. The minimum Gasteiger partial charge on any atom is -0.293 e. The van der Waals surface area contributed by atoms with Gasteiger partial charge in [0.05, 0.1) is 5.03 Å². The van der Waals surface area contributed by atoms with Gasteiger partial charge in [-0.25, -0.2) is 0 Å². The maximum absolute atomic E-state index is 11.5. The van der Waals surface area contributed by atoms with E-state index >= 15 is 0 Å². The summed E-state index contributed by atoms with van der Waals surface area (Å²) >= 11 is 5.92. The molecule has 0 aromatic heterocycles. The molecule has 0 aromatic carbocycles. The van der Waals surface area contributed by atoms with E-state index in [1.165, 1.54) is 25.7 Å². The van der Waals surface area contributed by atoms with Gasteiger partial charge >= 0.3 is 0 Å². The summed E-state index contributed by atoms with van der Waals surface area (Å²) in [6.07, 6.45) is 11.7. The van der Waals surface area contributed by atoms with Crippen molar-refractivity contribution in [2.24, 2.45) is 0 Å². The molecule has 0 aliphatic carbocycles. The van der Waals surface area contributed by atoms with E-state index in [-0.39, 0.29) is 5.78 Å². The predicted octanol–water partition coefficient (Wildman–Crippen LogP) is 5.23. The van der Waals surface area contributed by atoms with Crippen LogP contribution in [0.1, 0.15) is 71.6 Å². The standard InChI is InChI=1S/C14H25ClO/c1-3-5-7-8-9-10-11-13(15)14(16)12-6-4-2/h11H,3-10,12H2,1-2H3/b13-11-. The molecule has 0 N–H and O–H groups in total. The van der Waals surface area contributed by atoms with E-state index in [4.69, 9.17) is 11.6 Å². The van der Waals surface area contributed by atoms with Crippen LogP contribution in [0.5, 0.6) is 0 Å². The van der Waals surface area contributed by atoms with Gasteiger partial charge in [0.2, 0.25) is 0 Å². The molecule has 0 rings (SSSR count). The lowest BCUT2D eigenvalue weighted by molar-refractivity contribution is -0.115. The molecule has 0 aliphatic rings. The molecule has 0 spiro atoms. The van der Waals surface area contributed by atoms with Gasteiger partial charge in [-0.15, -0.1) is 0 Å². The maximum Gasteiger partial charge on any atom is 0.173 e. The second-order valence-electron chi connectivity index (χ2n) is 4.28. The summed E-state index contributed by atoms with van der Waals surface area (Å²) < 4.78 is 0. The highest BCUT2D eigenvalue weighted by atomic mass is 35.5. The molecule has 0 atom stereocenters. The van der Waals surface area contributed by atoms with Gasteiger partial charge in [-0.3, -0.25) is 4.79 Å². The molecule has 0 fully saturated rings. The number of rotatable bonds is 10. The molecule has 1 nitrogen and oxygen atoms in total. The molecular formula is C14H25ClO. The Balaban J connectivity index is 3.57. The van der Waals surface area contributed by atoms with E-state index in [9.17, 15) is 4.79 Å². The Hall–Kier alpha value is -0.300. The zero-order chi connectivity index (χ0) is 12.2. The number of ketones is 1. The van der Waals surface area contributed by atoms with Crippen molar-refractivity contribution < 1.29 is 4.79 Å². The number of unbranched alkanes of at least 4 members (excludes halogenated alkanes) is 6. The van der Waals surface area contributed by atoms with Crippen LogP contribution in [0.15, 0.2) is 11.1 Å². The third-order valence-electron chi connectivity index (χ3n) is 2.65. The fourth-order valence-corrected chi connectivity index (χ4v) is 1.75. The Bertz CT molecular complexity index is 209. The van der Waals surface area contributed by atoms with E-state index in [0.717, 1.165) is 25.7 Å². The van der Waals surface area contributed by atoms with Crippen molar-refractivity contribution in [3.8, 4) is 0 Å². The Kier molecular flexibility index (Phi) is 11.0. The lowest BCUT2D eigenvalue weighted by Crippen LogP contribution is -1.97. The lowest BCUT2D eigenvalue weighted by Gasteiger charge is -1.99. The van der Waals surface area contributed by atoms with Crippen LogP contribution in [0.4, 0.5) is 0 Å². The van der Waals surface area contributed by atoms with Crippen molar-refractivity contribution in [3.63, 3.8) is 0 Å². The topological polar surface area (TPSA) is 17.1 Å². The molecule has 0 unspecified atom stereocenters. The van der Waals surface area contributed by atoms with Gasteiger partial charge < -0.3 is 0 Å². The van der Waals surface area contributed by atoms with Crippen LogP contribution in [0.2, 0.25) is 0 Å². The van der Waals surface area contributed by atoms with E-state index in [0.29, 0.717) is 11.5 Å². The van der Waals surface area contributed by atoms with Crippen LogP contribution in [-0.2, 0) is 4.79 Å².